The molecule has 98 valence electrons. The van der Waals surface area contributed by atoms with Crippen LogP contribution >= 0.6 is 0 Å². The molecule has 0 spiro atoms. The molecule has 2 fully saturated rings. The molecule has 1 saturated heterocycles. The summed E-state index contributed by atoms with van der Waals surface area (Å²) in [6.45, 7) is 1.66. The number of nitrogens with zero attached hydrogens (tertiary/aromatic N) is 1. The van der Waals surface area contributed by atoms with E-state index in [1.165, 1.54) is 18.9 Å². The van der Waals surface area contributed by atoms with Gasteiger partial charge in [-0.25, -0.2) is 0 Å². The molecule has 0 amide bonds. The Balaban J connectivity index is 1.62. The van der Waals surface area contributed by atoms with E-state index in [4.69, 9.17) is 4.74 Å². The molecular weight excluding hydrogens is 230 g/mol. The van der Waals surface area contributed by atoms with Gasteiger partial charge in [-0.15, -0.1) is 0 Å². The summed E-state index contributed by atoms with van der Waals surface area (Å²) >= 11 is 0. The van der Waals surface area contributed by atoms with Gasteiger partial charge in [-0.05, 0) is 32.2 Å². The maximum absolute atomic E-state index is 11.5. The molecule has 0 radical (unpaired) electrons. The zero-order chi connectivity index (χ0) is 12.4. The first kappa shape index (κ1) is 11.7. The maximum Gasteiger partial charge on any atom is 0.254 e. The summed E-state index contributed by atoms with van der Waals surface area (Å²) in [5.74, 6) is 1.69. The van der Waals surface area contributed by atoms with Crippen molar-refractivity contribution in [3.05, 3.63) is 22.2 Å². The minimum Gasteiger partial charge on any atom is -0.476 e. The lowest BCUT2D eigenvalue weighted by Crippen LogP contribution is -2.38. The van der Waals surface area contributed by atoms with Crippen molar-refractivity contribution in [1.82, 2.24) is 15.3 Å². The van der Waals surface area contributed by atoms with E-state index in [2.05, 4.69) is 15.3 Å². The van der Waals surface area contributed by atoms with Gasteiger partial charge in [-0.1, -0.05) is 6.42 Å². The molecule has 1 aliphatic carbocycles. The second-order valence-corrected chi connectivity index (χ2v) is 5.20. The fourth-order valence-corrected chi connectivity index (χ4v) is 2.33. The highest BCUT2D eigenvalue weighted by Gasteiger charge is 2.26. The molecular formula is C13H19N3O2. The summed E-state index contributed by atoms with van der Waals surface area (Å²) in [6, 6.07) is 1.83. The van der Waals surface area contributed by atoms with Gasteiger partial charge in [-0.2, -0.15) is 4.98 Å². The average molecular weight is 249 g/mol. The highest BCUT2D eigenvalue weighted by Crippen LogP contribution is 2.37. The number of hydrogen-bond donors (Lipinski definition) is 2. The second-order valence-electron chi connectivity index (χ2n) is 5.20. The van der Waals surface area contributed by atoms with Crippen LogP contribution in [0.1, 0.15) is 43.8 Å². The molecule has 2 heterocycles. The summed E-state index contributed by atoms with van der Waals surface area (Å²) in [7, 11) is 0. The quantitative estimate of drug-likeness (QED) is 0.840. The third-order valence-corrected chi connectivity index (χ3v) is 3.55. The van der Waals surface area contributed by atoms with E-state index in [1.807, 2.05) is 0 Å². The average Bonchev–Trinajstić information content (AvgIpc) is 3.21. The maximum atomic E-state index is 11.5. The van der Waals surface area contributed by atoms with Gasteiger partial charge in [-0.3, -0.25) is 4.79 Å². The van der Waals surface area contributed by atoms with Gasteiger partial charge in [0.25, 0.3) is 5.56 Å². The van der Waals surface area contributed by atoms with Crippen molar-refractivity contribution >= 4 is 0 Å². The molecule has 2 aliphatic rings. The number of rotatable bonds is 4. The van der Waals surface area contributed by atoms with Crippen molar-refractivity contribution in [3.8, 4) is 5.88 Å². The van der Waals surface area contributed by atoms with Crippen molar-refractivity contribution in [2.45, 2.75) is 44.1 Å². The summed E-state index contributed by atoms with van der Waals surface area (Å²) in [4.78, 5) is 18.7. The number of hydrogen-bond acceptors (Lipinski definition) is 4. The smallest absolute Gasteiger partial charge is 0.254 e. The van der Waals surface area contributed by atoms with Gasteiger partial charge in [0.05, 0.1) is 6.07 Å². The summed E-state index contributed by atoms with van der Waals surface area (Å²) < 4.78 is 5.65. The largest absolute Gasteiger partial charge is 0.476 e. The minimum atomic E-state index is -0.112. The Morgan fingerprint density at radius 2 is 2.22 bits per heavy atom. The van der Waals surface area contributed by atoms with E-state index in [1.54, 1.807) is 0 Å². The number of aromatic nitrogens is 2. The van der Waals surface area contributed by atoms with Gasteiger partial charge in [0.1, 0.15) is 12.4 Å². The molecule has 0 bridgehead atoms. The number of H-pyrrole nitrogens is 1. The standard InChI is InChI=1S/C13H19N3O2/c17-11-7-12(16-13(15-11)9-4-5-9)18-8-10-3-1-2-6-14-10/h7,9-10,14H,1-6,8H2,(H,15,16,17). The van der Waals surface area contributed by atoms with Crippen molar-refractivity contribution in [1.29, 1.82) is 0 Å². The van der Waals surface area contributed by atoms with Gasteiger partial charge in [0.15, 0.2) is 0 Å². The summed E-state index contributed by atoms with van der Waals surface area (Å²) in [5, 5.41) is 3.41. The van der Waals surface area contributed by atoms with Crippen LogP contribution in [-0.4, -0.2) is 29.2 Å². The Kier molecular flexibility index (Phi) is 3.32. The van der Waals surface area contributed by atoms with E-state index in [9.17, 15) is 4.79 Å². The molecule has 1 aromatic rings. The van der Waals surface area contributed by atoms with Gasteiger partial charge in [0, 0.05) is 12.0 Å². The molecule has 18 heavy (non-hydrogen) atoms. The number of aromatic amines is 1. The Labute approximate surface area is 106 Å². The normalized spacial score (nSPS) is 23.9. The van der Waals surface area contributed by atoms with Crippen LogP contribution < -0.4 is 15.6 Å². The molecule has 1 atom stereocenters. The Hall–Kier alpha value is -1.36. The van der Waals surface area contributed by atoms with Crippen molar-refractivity contribution in [2.24, 2.45) is 0 Å². The molecule has 1 unspecified atom stereocenters. The van der Waals surface area contributed by atoms with Crippen LogP contribution in [0.5, 0.6) is 5.88 Å². The van der Waals surface area contributed by atoms with Crippen LogP contribution in [0.2, 0.25) is 0 Å². The van der Waals surface area contributed by atoms with Crippen LogP contribution in [0.25, 0.3) is 0 Å². The molecule has 1 saturated carbocycles. The lowest BCUT2D eigenvalue weighted by Gasteiger charge is -2.23. The van der Waals surface area contributed by atoms with Crippen molar-refractivity contribution in [3.63, 3.8) is 0 Å². The first-order valence-electron chi connectivity index (χ1n) is 6.79. The fourth-order valence-electron chi connectivity index (χ4n) is 2.33. The lowest BCUT2D eigenvalue weighted by atomic mass is 10.1. The SMILES string of the molecule is O=c1cc(OCC2CCCCN2)nc(C2CC2)[nH]1. The Morgan fingerprint density at radius 3 is 2.94 bits per heavy atom. The Morgan fingerprint density at radius 1 is 1.33 bits per heavy atom. The van der Waals surface area contributed by atoms with E-state index in [-0.39, 0.29) is 5.56 Å². The predicted octanol–water partition coefficient (Wildman–Crippen LogP) is 1.17. The van der Waals surface area contributed by atoms with E-state index in [0.717, 1.165) is 31.6 Å². The third kappa shape index (κ3) is 2.90. The van der Waals surface area contributed by atoms with Crippen LogP contribution in [0.3, 0.4) is 0 Å². The molecule has 3 rings (SSSR count). The highest BCUT2D eigenvalue weighted by molar-refractivity contribution is 5.14. The van der Waals surface area contributed by atoms with E-state index in [0.29, 0.717) is 24.4 Å². The van der Waals surface area contributed by atoms with Crippen molar-refractivity contribution in [2.75, 3.05) is 13.2 Å². The van der Waals surface area contributed by atoms with E-state index >= 15 is 0 Å². The van der Waals surface area contributed by atoms with Crippen LogP contribution in [0.15, 0.2) is 10.9 Å². The highest BCUT2D eigenvalue weighted by atomic mass is 16.5. The minimum absolute atomic E-state index is 0.112. The summed E-state index contributed by atoms with van der Waals surface area (Å²) in [5.41, 5.74) is -0.112. The fraction of sp³-hybridized carbons (Fsp3) is 0.692. The van der Waals surface area contributed by atoms with Crippen LogP contribution in [0, 0.1) is 0 Å². The Bertz CT molecular complexity index is 462. The molecule has 1 aliphatic heterocycles. The van der Waals surface area contributed by atoms with E-state index < -0.39 is 0 Å². The lowest BCUT2D eigenvalue weighted by molar-refractivity contribution is 0.231. The van der Waals surface area contributed by atoms with Gasteiger partial charge < -0.3 is 15.0 Å². The first-order valence-corrected chi connectivity index (χ1v) is 6.79. The number of ether oxygens (including phenoxy) is 1. The van der Waals surface area contributed by atoms with Gasteiger partial charge >= 0.3 is 0 Å². The molecule has 5 nitrogen and oxygen atoms in total. The van der Waals surface area contributed by atoms with Crippen molar-refractivity contribution < 1.29 is 4.74 Å². The zero-order valence-electron chi connectivity index (χ0n) is 10.4. The molecule has 0 aromatic carbocycles. The first-order chi connectivity index (χ1) is 8.81. The predicted molar refractivity (Wildman–Crippen MR) is 68.0 cm³/mol. The third-order valence-electron chi connectivity index (χ3n) is 3.55. The molecule has 1 aromatic heterocycles. The number of nitrogens with one attached hydrogen (secondary N) is 2. The topological polar surface area (TPSA) is 67.0 Å². The monoisotopic (exact) mass is 249 g/mol. The van der Waals surface area contributed by atoms with Crippen LogP contribution in [-0.2, 0) is 0 Å². The number of piperidine rings is 1. The zero-order valence-corrected chi connectivity index (χ0v) is 10.4. The molecule has 2 N–H and O–H groups in total. The summed E-state index contributed by atoms with van der Waals surface area (Å²) in [6.07, 6.45) is 5.87. The second kappa shape index (κ2) is 5.10. The molecule has 5 heteroatoms. The van der Waals surface area contributed by atoms with Crippen LogP contribution in [0.4, 0.5) is 0 Å². The van der Waals surface area contributed by atoms with Gasteiger partial charge in [0.2, 0.25) is 5.88 Å².